The number of ether oxygens (including phenoxy) is 2. The molecule has 0 aliphatic rings. The molecule has 2 heterocycles. The van der Waals surface area contributed by atoms with Crippen LogP contribution in [-0.2, 0) is 11.2 Å². The fraction of sp³-hybridized carbons (Fsp3) is 0.273. The van der Waals surface area contributed by atoms with Gasteiger partial charge in [0.25, 0.3) is 5.91 Å². The van der Waals surface area contributed by atoms with E-state index in [1.54, 1.807) is 43.7 Å². The highest BCUT2D eigenvalue weighted by Crippen LogP contribution is 2.33. The van der Waals surface area contributed by atoms with Crippen molar-refractivity contribution in [2.45, 2.75) is 32.8 Å². The Morgan fingerprint density at radius 3 is 2.62 bits per heavy atom. The van der Waals surface area contributed by atoms with Gasteiger partial charge in [-0.25, -0.2) is 0 Å². The Bertz CT molecular complexity index is 1270. The van der Waals surface area contributed by atoms with E-state index in [1.807, 2.05) is 31.2 Å². The Hall–Kier alpha value is -2.98. The van der Waals surface area contributed by atoms with Crippen LogP contribution < -0.4 is 14.8 Å². The van der Waals surface area contributed by atoms with Gasteiger partial charge < -0.3 is 14.8 Å². The molecule has 2 aromatic carbocycles. The highest BCUT2D eigenvalue weighted by atomic mass is 79.9. The summed E-state index contributed by atoms with van der Waals surface area (Å²) in [6, 6.07) is 12.9. The molecule has 0 fully saturated rings. The summed E-state index contributed by atoms with van der Waals surface area (Å²) in [5.41, 5.74) is 0.257. The predicted molar refractivity (Wildman–Crippen MR) is 128 cm³/mol. The van der Waals surface area contributed by atoms with E-state index >= 15 is 0 Å². The third-order valence-electron chi connectivity index (χ3n) is 4.80. The number of carbonyl (C=O) groups is 1. The fourth-order valence-electron chi connectivity index (χ4n) is 3.05. The molecule has 1 amide bonds. The molecule has 0 aliphatic heterocycles. The SMILES string of the molecule is CCc1nnc2sc(-c3ccc(OC)c(NC(=O)C(C)(C)Oc4ccc(Br)cc4)c3)nn12. The number of benzene rings is 2. The Labute approximate surface area is 197 Å². The van der Waals surface area contributed by atoms with Gasteiger partial charge in [0.2, 0.25) is 4.96 Å². The number of anilines is 1. The van der Waals surface area contributed by atoms with Crippen molar-refractivity contribution >= 4 is 43.8 Å². The number of hydrogen-bond donors (Lipinski definition) is 1. The van der Waals surface area contributed by atoms with E-state index < -0.39 is 5.60 Å². The predicted octanol–water partition coefficient (Wildman–Crippen LogP) is 4.98. The number of fused-ring (bicyclic) bond motifs is 1. The minimum Gasteiger partial charge on any atom is -0.495 e. The zero-order valence-electron chi connectivity index (χ0n) is 18.0. The minimum absolute atomic E-state index is 0.303. The second-order valence-corrected chi connectivity index (χ2v) is 9.38. The average Bonchev–Trinajstić information content (AvgIpc) is 3.36. The first kappa shape index (κ1) is 22.2. The first-order valence-corrected chi connectivity index (χ1v) is 11.6. The van der Waals surface area contributed by atoms with Gasteiger partial charge in [0.05, 0.1) is 12.8 Å². The standard InChI is InChI=1S/C22H22BrN5O3S/c1-5-18-25-26-21-28(18)27-19(32-21)13-6-11-17(30-4)16(12-13)24-20(29)22(2,3)31-15-9-7-14(23)8-10-15/h6-12H,5H2,1-4H3,(H,24,29). The Morgan fingerprint density at radius 2 is 1.94 bits per heavy atom. The van der Waals surface area contributed by atoms with E-state index in [2.05, 4.69) is 36.5 Å². The number of nitrogens with one attached hydrogen (secondary N) is 1. The molecule has 0 atom stereocenters. The van der Waals surface area contributed by atoms with Crippen LogP contribution in [-0.4, -0.2) is 38.4 Å². The van der Waals surface area contributed by atoms with Crippen molar-refractivity contribution in [1.29, 1.82) is 0 Å². The fourth-order valence-corrected chi connectivity index (χ4v) is 4.17. The van der Waals surface area contributed by atoms with Gasteiger partial charge in [-0.1, -0.05) is 34.2 Å². The highest BCUT2D eigenvalue weighted by Gasteiger charge is 2.31. The summed E-state index contributed by atoms with van der Waals surface area (Å²) in [7, 11) is 1.56. The van der Waals surface area contributed by atoms with Gasteiger partial charge in [0.1, 0.15) is 16.5 Å². The highest BCUT2D eigenvalue weighted by molar-refractivity contribution is 9.10. The molecule has 0 radical (unpaired) electrons. The maximum Gasteiger partial charge on any atom is 0.268 e. The van der Waals surface area contributed by atoms with Gasteiger partial charge in [0.15, 0.2) is 11.4 Å². The van der Waals surface area contributed by atoms with E-state index in [-0.39, 0.29) is 5.91 Å². The molecule has 8 nitrogen and oxygen atoms in total. The van der Waals surface area contributed by atoms with Crippen molar-refractivity contribution in [1.82, 2.24) is 19.8 Å². The first-order valence-electron chi connectivity index (χ1n) is 9.96. The third kappa shape index (κ3) is 4.46. The number of methoxy groups -OCH3 is 1. The van der Waals surface area contributed by atoms with Crippen molar-refractivity contribution in [3.63, 3.8) is 0 Å². The molecular weight excluding hydrogens is 494 g/mol. The van der Waals surface area contributed by atoms with Gasteiger partial charge in [-0.2, -0.15) is 9.61 Å². The van der Waals surface area contributed by atoms with E-state index in [0.717, 1.165) is 32.2 Å². The number of hydrogen-bond acceptors (Lipinski definition) is 7. The molecular formula is C22H22BrN5O3S. The maximum atomic E-state index is 13.1. The molecule has 2 aromatic heterocycles. The van der Waals surface area contributed by atoms with E-state index in [4.69, 9.17) is 9.47 Å². The number of nitrogens with zero attached hydrogens (tertiary/aromatic N) is 4. The lowest BCUT2D eigenvalue weighted by Crippen LogP contribution is -2.42. The molecule has 0 bridgehead atoms. The number of amides is 1. The minimum atomic E-state index is -1.11. The summed E-state index contributed by atoms with van der Waals surface area (Å²) in [5.74, 6) is 1.64. The second kappa shape index (κ2) is 8.87. The summed E-state index contributed by atoms with van der Waals surface area (Å²) >= 11 is 4.83. The number of aryl methyl sites for hydroxylation is 1. The third-order valence-corrected chi connectivity index (χ3v) is 6.28. The van der Waals surface area contributed by atoms with Gasteiger partial charge in [-0.05, 0) is 56.3 Å². The van der Waals surface area contributed by atoms with Crippen molar-refractivity contribution in [2.75, 3.05) is 12.4 Å². The quantitative estimate of drug-likeness (QED) is 0.373. The van der Waals surface area contributed by atoms with Crippen LogP contribution in [0, 0.1) is 0 Å². The molecule has 0 aliphatic carbocycles. The van der Waals surface area contributed by atoms with Crippen LogP contribution in [0.1, 0.15) is 26.6 Å². The van der Waals surface area contributed by atoms with Gasteiger partial charge in [0, 0.05) is 16.5 Å². The smallest absolute Gasteiger partial charge is 0.268 e. The van der Waals surface area contributed by atoms with Crippen molar-refractivity contribution in [3.8, 4) is 22.1 Å². The lowest BCUT2D eigenvalue weighted by atomic mass is 10.1. The summed E-state index contributed by atoms with van der Waals surface area (Å²) in [6.07, 6.45) is 0.738. The molecule has 0 unspecified atom stereocenters. The largest absolute Gasteiger partial charge is 0.495 e. The van der Waals surface area contributed by atoms with Crippen LogP contribution >= 0.6 is 27.3 Å². The molecule has 1 N–H and O–H groups in total. The van der Waals surface area contributed by atoms with Gasteiger partial charge in [-0.3, -0.25) is 4.79 Å². The summed E-state index contributed by atoms with van der Waals surface area (Å²) < 4.78 is 14.1. The molecule has 4 aromatic rings. The van der Waals surface area contributed by atoms with Crippen LogP contribution in [0.25, 0.3) is 15.5 Å². The molecule has 32 heavy (non-hydrogen) atoms. The zero-order valence-corrected chi connectivity index (χ0v) is 20.5. The maximum absolute atomic E-state index is 13.1. The number of aromatic nitrogens is 4. The van der Waals surface area contributed by atoms with E-state index in [0.29, 0.717) is 17.2 Å². The lowest BCUT2D eigenvalue weighted by molar-refractivity contribution is -0.128. The molecule has 10 heteroatoms. The van der Waals surface area contributed by atoms with Crippen molar-refractivity contribution in [2.24, 2.45) is 0 Å². The van der Waals surface area contributed by atoms with Gasteiger partial charge >= 0.3 is 0 Å². The summed E-state index contributed by atoms with van der Waals surface area (Å²) in [6.45, 7) is 5.44. The molecule has 0 saturated heterocycles. The normalized spacial score (nSPS) is 11.5. The first-order chi connectivity index (χ1) is 15.3. The van der Waals surface area contributed by atoms with Crippen molar-refractivity contribution in [3.05, 3.63) is 52.8 Å². The lowest BCUT2D eigenvalue weighted by Gasteiger charge is -2.26. The van der Waals surface area contributed by atoms with Crippen LogP contribution in [0.3, 0.4) is 0 Å². The van der Waals surface area contributed by atoms with Gasteiger partial charge in [-0.15, -0.1) is 10.2 Å². The number of carbonyl (C=O) groups excluding carboxylic acids is 1. The monoisotopic (exact) mass is 515 g/mol. The summed E-state index contributed by atoms with van der Waals surface area (Å²) in [5, 5.41) is 16.6. The molecule has 0 saturated carbocycles. The van der Waals surface area contributed by atoms with Crippen LogP contribution in [0.5, 0.6) is 11.5 Å². The zero-order chi connectivity index (χ0) is 22.9. The van der Waals surface area contributed by atoms with Crippen molar-refractivity contribution < 1.29 is 14.3 Å². The average molecular weight is 516 g/mol. The molecule has 166 valence electrons. The number of halogens is 1. The Morgan fingerprint density at radius 1 is 1.19 bits per heavy atom. The van der Waals surface area contributed by atoms with E-state index in [9.17, 15) is 4.79 Å². The molecule has 0 spiro atoms. The van der Waals surface area contributed by atoms with E-state index in [1.165, 1.54) is 11.3 Å². The molecule has 4 rings (SSSR count). The topological polar surface area (TPSA) is 90.6 Å². The second-order valence-electron chi connectivity index (χ2n) is 7.51. The van der Waals surface area contributed by atoms with Crippen LogP contribution in [0.2, 0.25) is 0 Å². The Balaban J connectivity index is 1.59. The Kier molecular flexibility index (Phi) is 6.16. The van der Waals surface area contributed by atoms with Crippen LogP contribution in [0.15, 0.2) is 46.9 Å². The number of rotatable bonds is 7. The summed E-state index contributed by atoms with van der Waals surface area (Å²) in [4.78, 5) is 13.8. The van der Waals surface area contributed by atoms with Crippen LogP contribution in [0.4, 0.5) is 5.69 Å².